The van der Waals surface area contributed by atoms with Crippen LogP contribution in [0.3, 0.4) is 0 Å². The first-order valence-electron chi connectivity index (χ1n) is 20.9. The highest BCUT2D eigenvalue weighted by atomic mass is 16.4. The van der Waals surface area contributed by atoms with E-state index in [0.29, 0.717) is 45.2 Å². The first kappa shape index (κ1) is 56.8. The molecule has 0 aliphatic carbocycles. The number of carbonyl (C=O) groups is 6. The summed E-state index contributed by atoms with van der Waals surface area (Å²) < 4.78 is 0. The first-order chi connectivity index (χ1) is 29.8. The normalized spacial score (nSPS) is 13.6. The number of aliphatic imine (C=N–C) groups is 4. The molecule has 0 aliphatic heterocycles. The van der Waals surface area contributed by atoms with Crippen molar-refractivity contribution in [3.8, 4) is 0 Å². The molecule has 0 spiro atoms. The number of amides is 5. The molecular weight excluding hydrogens is 825 g/mol. The summed E-state index contributed by atoms with van der Waals surface area (Å²) in [4.78, 5) is 96.2. The lowest BCUT2D eigenvalue weighted by Gasteiger charge is -2.27. The quantitative estimate of drug-likeness (QED) is 0.0160. The summed E-state index contributed by atoms with van der Waals surface area (Å²) >= 11 is 0. The molecule has 360 valence electrons. The second-order valence-corrected chi connectivity index (χ2v) is 14.6. The van der Waals surface area contributed by atoms with Crippen LogP contribution in [0.1, 0.15) is 89.9 Å². The van der Waals surface area contributed by atoms with Crippen molar-refractivity contribution in [2.24, 2.45) is 83.0 Å². The van der Waals surface area contributed by atoms with Gasteiger partial charge in [0.05, 0.1) is 6.04 Å². The average molecular weight is 899 g/mol. The molecule has 0 fully saturated rings. The largest absolute Gasteiger partial charge is 0.480 e. The summed E-state index contributed by atoms with van der Waals surface area (Å²) in [6, 6.07) is -7.31. The van der Waals surface area contributed by atoms with Crippen LogP contribution in [0.2, 0.25) is 0 Å². The lowest BCUT2D eigenvalue weighted by molar-refractivity contribution is -0.142. The first-order valence-corrected chi connectivity index (χ1v) is 20.9. The fraction of sp³-hybridized carbons (Fsp3) is 0.722. The van der Waals surface area contributed by atoms with Gasteiger partial charge in [-0.15, -0.1) is 0 Å². The number of nitrogens with two attached hydrogens (primary N) is 11. The van der Waals surface area contributed by atoms with Gasteiger partial charge in [-0.05, 0) is 103 Å². The van der Waals surface area contributed by atoms with Crippen LogP contribution in [0.15, 0.2) is 20.0 Å². The van der Waals surface area contributed by atoms with Crippen LogP contribution in [-0.4, -0.2) is 140 Å². The van der Waals surface area contributed by atoms with Gasteiger partial charge in [-0.25, -0.2) is 4.79 Å². The van der Waals surface area contributed by atoms with Gasteiger partial charge in [0.15, 0.2) is 23.8 Å². The molecule has 0 radical (unpaired) electrons. The summed E-state index contributed by atoms with van der Waals surface area (Å²) in [6.07, 6.45) is 3.23. The zero-order valence-corrected chi connectivity index (χ0v) is 36.1. The van der Waals surface area contributed by atoms with Crippen LogP contribution in [0.4, 0.5) is 0 Å². The van der Waals surface area contributed by atoms with Crippen LogP contribution in [0.25, 0.3) is 0 Å². The van der Waals surface area contributed by atoms with Crippen molar-refractivity contribution in [3.63, 3.8) is 0 Å². The van der Waals surface area contributed by atoms with Crippen molar-refractivity contribution >= 4 is 59.3 Å². The molecule has 0 aromatic rings. The van der Waals surface area contributed by atoms with Crippen molar-refractivity contribution in [2.45, 2.75) is 126 Å². The van der Waals surface area contributed by atoms with E-state index in [4.69, 9.17) is 63.1 Å². The number of nitrogens with one attached hydrogen (secondary N) is 5. The average Bonchev–Trinajstić information content (AvgIpc) is 3.21. The Bertz CT molecular complexity index is 1530. The fourth-order valence-corrected chi connectivity index (χ4v) is 5.85. The van der Waals surface area contributed by atoms with Gasteiger partial charge in [-0.2, -0.15) is 0 Å². The van der Waals surface area contributed by atoms with Crippen molar-refractivity contribution < 1.29 is 33.9 Å². The maximum atomic E-state index is 14.1. The minimum absolute atomic E-state index is 0.0401. The molecule has 5 amide bonds. The minimum Gasteiger partial charge on any atom is -0.480 e. The van der Waals surface area contributed by atoms with Crippen LogP contribution < -0.4 is 89.7 Å². The van der Waals surface area contributed by atoms with Crippen molar-refractivity contribution in [1.29, 1.82) is 0 Å². The number of aliphatic carboxylic acids is 1. The minimum atomic E-state index is -1.37. The van der Waals surface area contributed by atoms with E-state index in [-0.39, 0.29) is 108 Å². The smallest absolute Gasteiger partial charge is 0.326 e. The Morgan fingerprint density at radius 2 is 0.635 bits per heavy atom. The summed E-state index contributed by atoms with van der Waals surface area (Å²) in [5.41, 5.74) is 60.7. The lowest BCUT2D eigenvalue weighted by Crippen LogP contribution is -2.59. The Kier molecular flexibility index (Phi) is 30.1. The van der Waals surface area contributed by atoms with Gasteiger partial charge in [0.25, 0.3) is 0 Å². The summed E-state index contributed by atoms with van der Waals surface area (Å²) in [7, 11) is 0. The van der Waals surface area contributed by atoms with Crippen molar-refractivity contribution in [3.05, 3.63) is 0 Å². The Morgan fingerprint density at radius 3 is 0.921 bits per heavy atom. The van der Waals surface area contributed by atoms with E-state index >= 15 is 0 Å². The Hall–Kier alpha value is -6.22. The summed E-state index contributed by atoms with van der Waals surface area (Å²) in [6.45, 7) is 1.13. The van der Waals surface area contributed by atoms with E-state index in [1.54, 1.807) is 0 Å². The SMILES string of the molecule is NCCCC[C@H](NC(=O)[C@H](CCCCN)NC(=O)[C@@H](N)CCCN=C(N)N)C(=O)N[C@@H](CCCN=C(N)N)C(=O)N[C@@H](CCCN=C(N)N)C(=O)N[C@@H](CCCN=C(N)N)C(=O)O. The van der Waals surface area contributed by atoms with Crippen LogP contribution in [0.5, 0.6) is 0 Å². The fourth-order valence-electron chi connectivity index (χ4n) is 5.85. The van der Waals surface area contributed by atoms with Crippen LogP contribution >= 0.6 is 0 Å². The van der Waals surface area contributed by atoms with Gasteiger partial charge in [-0.3, -0.25) is 43.9 Å². The lowest BCUT2D eigenvalue weighted by atomic mass is 10.0. The Balaban J connectivity index is 6.53. The van der Waals surface area contributed by atoms with Gasteiger partial charge in [0.2, 0.25) is 29.5 Å². The molecule has 0 heterocycles. The highest BCUT2D eigenvalue weighted by Gasteiger charge is 2.32. The number of nitrogens with zero attached hydrogens (tertiary/aromatic N) is 4. The number of hydrogen-bond donors (Lipinski definition) is 17. The molecule has 0 aliphatic rings. The third-order valence-electron chi connectivity index (χ3n) is 9.18. The zero-order valence-electron chi connectivity index (χ0n) is 36.1. The van der Waals surface area contributed by atoms with E-state index in [9.17, 15) is 33.9 Å². The topological polar surface area (TPSA) is 518 Å². The number of rotatable bonds is 35. The standard InChI is InChI=1S/C36H74N20O7/c37-15-3-1-10-22(52-27(57)21(39)9-5-17-48-33(40)41)28(58)53-23(11-2-4-16-38)29(59)54-24(12-6-18-49-34(42)43)30(60)55-25(13-7-19-50-35(44)45)31(61)56-26(32(62)63)14-8-20-51-36(46)47/h21-26H,1-20,37-39H2,(H,52,57)(H,53,58)(H,54,59)(H,55,60)(H,56,61)(H,62,63)(H4,40,41,48)(H4,42,43,49)(H4,44,45,50)(H4,46,47,51)/t21-,22-,23-,24-,25-,26-/m0/s1. The van der Waals surface area contributed by atoms with Gasteiger partial charge in [0.1, 0.15) is 30.2 Å². The predicted octanol–water partition coefficient (Wildman–Crippen LogP) is -6.71. The number of carboxylic acids is 1. The third-order valence-corrected chi connectivity index (χ3v) is 9.18. The van der Waals surface area contributed by atoms with Gasteiger partial charge in [-0.1, -0.05) is 0 Å². The molecule has 0 aromatic heterocycles. The van der Waals surface area contributed by atoms with E-state index < -0.39 is 71.8 Å². The molecule has 27 nitrogen and oxygen atoms in total. The van der Waals surface area contributed by atoms with Gasteiger partial charge < -0.3 is 94.8 Å². The molecule has 27 heteroatoms. The number of unbranched alkanes of at least 4 members (excludes halogenated alkanes) is 2. The second-order valence-electron chi connectivity index (χ2n) is 14.6. The third kappa shape index (κ3) is 28.1. The number of carbonyl (C=O) groups excluding carboxylic acids is 5. The molecule has 0 aromatic carbocycles. The van der Waals surface area contributed by atoms with E-state index in [0.717, 1.165) is 0 Å². The maximum absolute atomic E-state index is 14.1. The Morgan fingerprint density at radius 1 is 0.381 bits per heavy atom. The monoisotopic (exact) mass is 899 g/mol. The molecule has 63 heavy (non-hydrogen) atoms. The summed E-state index contributed by atoms with van der Waals surface area (Å²) in [5.74, 6) is -5.72. The molecule has 0 saturated heterocycles. The van der Waals surface area contributed by atoms with E-state index in [2.05, 4.69) is 46.6 Å². The molecule has 0 unspecified atom stereocenters. The maximum Gasteiger partial charge on any atom is 0.326 e. The zero-order chi connectivity index (χ0) is 47.7. The van der Waals surface area contributed by atoms with E-state index in [1.807, 2.05) is 0 Å². The molecule has 6 atom stereocenters. The van der Waals surface area contributed by atoms with Gasteiger partial charge in [0, 0.05) is 26.2 Å². The predicted molar refractivity (Wildman–Crippen MR) is 241 cm³/mol. The van der Waals surface area contributed by atoms with Crippen molar-refractivity contribution in [2.75, 3.05) is 39.3 Å². The molecule has 0 saturated carbocycles. The number of guanidine groups is 4. The van der Waals surface area contributed by atoms with E-state index in [1.165, 1.54) is 0 Å². The van der Waals surface area contributed by atoms with Gasteiger partial charge >= 0.3 is 5.97 Å². The Labute approximate surface area is 367 Å². The number of hydrogen-bond acceptors (Lipinski definition) is 13. The molecule has 0 bridgehead atoms. The second kappa shape index (κ2) is 33.4. The van der Waals surface area contributed by atoms with Crippen LogP contribution in [-0.2, 0) is 28.8 Å². The highest BCUT2D eigenvalue weighted by molar-refractivity contribution is 5.96. The molecular formula is C36H74N20O7. The summed E-state index contributed by atoms with van der Waals surface area (Å²) in [5, 5.41) is 23.0. The molecule has 0 rings (SSSR count). The highest BCUT2D eigenvalue weighted by Crippen LogP contribution is 2.10. The number of carboxylic acid groups (broad SMARTS) is 1. The van der Waals surface area contributed by atoms with Crippen molar-refractivity contribution in [1.82, 2.24) is 26.6 Å². The molecule has 28 N–H and O–H groups in total. The van der Waals surface area contributed by atoms with Crippen LogP contribution in [0, 0.1) is 0 Å².